The maximum atomic E-state index is 10.8. The van der Waals surface area contributed by atoms with Crippen molar-refractivity contribution < 1.29 is 4.92 Å². The summed E-state index contributed by atoms with van der Waals surface area (Å²) in [4.78, 5) is 20.1. The lowest BCUT2D eigenvalue weighted by Gasteiger charge is -2.29. The van der Waals surface area contributed by atoms with Gasteiger partial charge in [0.2, 0.25) is 0 Å². The van der Waals surface area contributed by atoms with Gasteiger partial charge >= 0.3 is 0 Å². The quantitative estimate of drug-likeness (QED) is 0.558. The zero-order valence-corrected chi connectivity index (χ0v) is 14.0. The maximum absolute atomic E-state index is 10.8. The van der Waals surface area contributed by atoms with Gasteiger partial charge in [-0.1, -0.05) is 17.7 Å². The van der Waals surface area contributed by atoms with E-state index in [9.17, 15) is 10.1 Å². The Morgan fingerprint density at radius 3 is 2.92 bits per heavy atom. The van der Waals surface area contributed by atoms with E-state index in [0.717, 1.165) is 29.7 Å². The SMILES string of the molecule is O=[N+]([O-])c1ccc(N2CC=C(c3c[nH]c4ncccc34)CC2)c(Cl)c1. The molecule has 7 heteroatoms. The summed E-state index contributed by atoms with van der Waals surface area (Å²) in [6.45, 7) is 1.51. The molecule has 1 aromatic carbocycles. The van der Waals surface area contributed by atoms with Gasteiger partial charge in [0, 0.05) is 48.6 Å². The molecule has 1 aliphatic heterocycles. The van der Waals surface area contributed by atoms with E-state index < -0.39 is 4.92 Å². The average Bonchev–Trinajstić information content (AvgIpc) is 3.06. The number of nitrogens with one attached hydrogen (secondary N) is 1. The van der Waals surface area contributed by atoms with Crippen LogP contribution >= 0.6 is 11.6 Å². The Labute approximate surface area is 148 Å². The number of hydrogen-bond acceptors (Lipinski definition) is 4. The summed E-state index contributed by atoms with van der Waals surface area (Å²) >= 11 is 6.24. The molecule has 0 atom stereocenters. The number of anilines is 1. The van der Waals surface area contributed by atoms with Crippen LogP contribution in [0.3, 0.4) is 0 Å². The maximum Gasteiger partial charge on any atom is 0.271 e. The molecule has 6 nitrogen and oxygen atoms in total. The Morgan fingerprint density at radius 1 is 1.32 bits per heavy atom. The van der Waals surface area contributed by atoms with E-state index in [1.54, 1.807) is 12.3 Å². The van der Waals surface area contributed by atoms with Crippen LogP contribution in [0.25, 0.3) is 16.6 Å². The summed E-state index contributed by atoms with van der Waals surface area (Å²) in [6, 6.07) is 8.61. The molecule has 4 rings (SSSR count). The number of pyridine rings is 1. The molecule has 0 spiro atoms. The van der Waals surface area contributed by atoms with Crippen LogP contribution in [0, 0.1) is 10.1 Å². The molecule has 2 aromatic heterocycles. The molecule has 0 amide bonds. The molecule has 0 bridgehead atoms. The summed E-state index contributed by atoms with van der Waals surface area (Å²) in [6.07, 6.45) is 6.82. The van der Waals surface area contributed by atoms with Gasteiger partial charge in [0.25, 0.3) is 5.69 Å². The highest BCUT2D eigenvalue weighted by atomic mass is 35.5. The van der Waals surface area contributed by atoms with Crippen LogP contribution in [0.4, 0.5) is 11.4 Å². The Morgan fingerprint density at radius 2 is 2.20 bits per heavy atom. The number of halogens is 1. The van der Waals surface area contributed by atoms with Crippen LogP contribution in [-0.2, 0) is 0 Å². The first-order chi connectivity index (χ1) is 12.1. The smallest absolute Gasteiger partial charge is 0.271 e. The molecule has 0 radical (unpaired) electrons. The molecule has 126 valence electrons. The van der Waals surface area contributed by atoms with Crippen LogP contribution in [-0.4, -0.2) is 28.0 Å². The van der Waals surface area contributed by atoms with Crippen LogP contribution in [0.2, 0.25) is 5.02 Å². The Hall–Kier alpha value is -2.86. The highest BCUT2D eigenvalue weighted by Crippen LogP contribution is 2.34. The van der Waals surface area contributed by atoms with Crippen LogP contribution in [0.15, 0.2) is 48.8 Å². The van der Waals surface area contributed by atoms with E-state index in [1.165, 1.54) is 23.3 Å². The van der Waals surface area contributed by atoms with Gasteiger partial charge in [-0.15, -0.1) is 0 Å². The molecule has 0 unspecified atom stereocenters. The van der Waals surface area contributed by atoms with Crippen molar-refractivity contribution in [1.29, 1.82) is 0 Å². The zero-order valence-electron chi connectivity index (χ0n) is 13.3. The van der Waals surface area contributed by atoms with Crippen molar-refractivity contribution in [3.8, 4) is 0 Å². The number of H-pyrrole nitrogens is 1. The van der Waals surface area contributed by atoms with E-state index in [0.29, 0.717) is 11.6 Å². The number of rotatable bonds is 3. The second-order valence-corrected chi connectivity index (χ2v) is 6.33. The van der Waals surface area contributed by atoms with E-state index in [1.807, 2.05) is 12.3 Å². The van der Waals surface area contributed by atoms with Crippen molar-refractivity contribution in [2.75, 3.05) is 18.0 Å². The molecule has 0 fully saturated rings. The zero-order chi connectivity index (χ0) is 17.4. The Bertz CT molecular complexity index is 996. The number of non-ortho nitro benzene ring substituents is 1. The third kappa shape index (κ3) is 2.85. The largest absolute Gasteiger partial charge is 0.366 e. The van der Waals surface area contributed by atoms with Crippen molar-refractivity contribution in [3.05, 3.63) is 69.5 Å². The number of nitrogens with zero attached hydrogens (tertiary/aromatic N) is 3. The third-order valence-corrected chi connectivity index (χ3v) is 4.79. The van der Waals surface area contributed by atoms with Crippen molar-refractivity contribution in [1.82, 2.24) is 9.97 Å². The van der Waals surface area contributed by atoms with Crippen LogP contribution < -0.4 is 4.90 Å². The molecule has 0 saturated heterocycles. The van der Waals surface area contributed by atoms with Crippen LogP contribution in [0.1, 0.15) is 12.0 Å². The second kappa shape index (κ2) is 6.22. The first kappa shape index (κ1) is 15.7. The summed E-state index contributed by atoms with van der Waals surface area (Å²) < 4.78 is 0. The highest BCUT2D eigenvalue weighted by molar-refractivity contribution is 6.33. The van der Waals surface area contributed by atoms with Gasteiger partial charge in [0.15, 0.2) is 0 Å². The highest BCUT2D eigenvalue weighted by Gasteiger charge is 2.19. The van der Waals surface area contributed by atoms with E-state index in [2.05, 4.69) is 27.0 Å². The fraction of sp³-hybridized carbons (Fsp3) is 0.167. The van der Waals surface area contributed by atoms with Crippen molar-refractivity contribution >= 4 is 39.6 Å². The van der Waals surface area contributed by atoms with E-state index in [-0.39, 0.29) is 5.69 Å². The van der Waals surface area contributed by atoms with Gasteiger partial charge in [-0.2, -0.15) is 0 Å². The molecular formula is C18H15ClN4O2. The molecule has 0 saturated carbocycles. The molecule has 3 aromatic rings. The van der Waals surface area contributed by atoms with Crippen molar-refractivity contribution in [2.24, 2.45) is 0 Å². The lowest BCUT2D eigenvalue weighted by Crippen LogP contribution is -2.28. The van der Waals surface area contributed by atoms with Gasteiger partial charge in [0.05, 0.1) is 15.6 Å². The lowest BCUT2D eigenvalue weighted by atomic mass is 9.99. The molecule has 3 heterocycles. The normalized spacial score (nSPS) is 14.6. The molecule has 0 aliphatic carbocycles. The van der Waals surface area contributed by atoms with Crippen LogP contribution in [0.5, 0.6) is 0 Å². The van der Waals surface area contributed by atoms with Gasteiger partial charge in [-0.25, -0.2) is 4.98 Å². The molecule has 1 aliphatic rings. The Kier molecular flexibility index (Phi) is 3.89. The fourth-order valence-electron chi connectivity index (χ4n) is 3.22. The summed E-state index contributed by atoms with van der Waals surface area (Å²) in [7, 11) is 0. The van der Waals surface area contributed by atoms with Crippen molar-refractivity contribution in [2.45, 2.75) is 6.42 Å². The summed E-state index contributed by atoms with van der Waals surface area (Å²) in [5.41, 5.74) is 4.17. The molecule has 25 heavy (non-hydrogen) atoms. The number of nitro benzene ring substituents is 1. The standard InChI is InChI=1S/C18H15ClN4O2/c19-16-10-13(23(24)25)3-4-17(16)22-8-5-12(6-9-22)15-11-21-18-14(15)2-1-7-20-18/h1-5,7,10-11H,6,8-9H2,(H,20,21). The monoisotopic (exact) mass is 354 g/mol. The third-order valence-electron chi connectivity index (χ3n) is 4.49. The van der Waals surface area contributed by atoms with Gasteiger partial charge in [-0.3, -0.25) is 10.1 Å². The predicted octanol–water partition coefficient (Wildman–Crippen LogP) is 4.42. The molecule has 1 N–H and O–H groups in total. The van der Waals surface area contributed by atoms with Crippen molar-refractivity contribution in [3.63, 3.8) is 0 Å². The number of nitro groups is 1. The number of fused-ring (bicyclic) bond motifs is 1. The average molecular weight is 355 g/mol. The number of aromatic amines is 1. The topological polar surface area (TPSA) is 75.1 Å². The first-order valence-electron chi connectivity index (χ1n) is 7.94. The summed E-state index contributed by atoms with van der Waals surface area (Å²) in [5, 5.41) is 12.4. The second-order valence-electron chi connectivity index (χ2n) is 5.92. The minimum absolute atomic E-state index is 0.00767. The fourth-order valence-corrected chi connectivity index (χ4v) is 3.51. The van der Waals surface area contributed by atoms with Gasteiger partial charge in [0.1, 0.15) is 5.65 Å². The predicted molar refractivity (Wildman–Crippen MR) is 99.0 cm³/mol. The van der Waals surface area contributed by atoms with Gasteiger partial charge in [-0.05, 0) is 30.2 Å². The lowest BCUT2D eigenvalue weighted by molar-refractivity contribution is -0.384. The van der Waals surface area contributed by atoms with E-state index in [4.69, 9.17) is 11.6 Å². The Balaban J connectivity index is 1.59. The minimum Gasteiger partial charge on any atom is -0.366 e. The minimum atomic E-state index is -0.436. The first-order valence-corrected chi connectivity index (χ1v) is 8.31. The number of benzene rings is 1. The van der Waals surface area contributed by atoms with E-state index >= 15 is 0 Å². The summed E-state index contributed by atoms with van der Waals surface area (Å²) in [5.74, 6) is 0. The number of hydrogen-bond donors (Lipinski definition) is 1. The number of aromatic nitrogens is 2. The van der Waals surface area contributed by atoms with Gasteiger partial charge < -0.3 is 9.88 Å². The molecular weight excluding hydrogens is 340 g/mol.